The van der Waals surface area contributed by atoms with E-state index in [2.05, 4.69) is 142 Å². The Balaban J connectivity index is 1.19. The first-order valence-electron chi connectivity index (χ1n) is 27.4. The summed E-state index contributed by atoms with van der Waals surface area (Å²) in [5.74, 6) is 0.815. The van der Waals surface area contributed by atoms with Crippen LogP contribution in [0.3, 0.4) is 0 Å². The Morgan fingerprint density at radius 3 is 1.84 bits per heavy atom. The largest absolute Gasteiger partial charge is 0.311 e. The maximum atomic E-state index is 9.17. The molecule has 0 aliphatic carbocycles. The van der Waals surface area contributed by atoms with Gasteiger partial charge in [0.25, 0.3) is 6.33 Å². The molecule has 0 aliphatic rings. The number of anilines is 3. The molecule has 3 aromatic heterocycles. The van der Waals surface area contributed by atoms with Crippen LogP contribution < -0.4 is 9.47 Å². The summed E-state index contributed by atoms with van der Waals surface area (Å²) < 4.78 is 94.2. The van der Waals surface area contributed by atoms with Gasteiger partial charge in [-0.2, -0.15) is 0 Å². The van der Waals surface area contributed by atoms with Crippen LogP contribution in [0.5, 0.6) is 0 Å². The highest BCUT2D eigenvalue weighted by Gasteiger charge is 2.25. The minimum absolute atomic E-state index is 0.108. The summed E-state index contributed by atoms with van der Waals surface area (Å²) in [6.45, 7) is 13.1. The van der Waals surface area contributed by atoms with E-state index in [1.54, 1.807) is 22.8 Å². The minimum Gasteiger partial charge on any atom is -0.311 e. The summed E-state index contributed by atoms with van der Waals surface area (Å²) in [5.41, 5.74) is 8.59. The van der Waals surface area contributed by atoms with Crippen molar-refractivity contribution in [3.63, 3.8) is 0 Å². The van der Waals surface area contributed by atoms with E-state index in [0.717, 1.165) is 50.2 Å². The molecule has 0 unspecified atom stereocenters. The van der Waals surface area contributed by atoms with Crippen LogP contribution in [-0.4, -0.2) is 14.1 Å². The average Bonchev–Trinajstić information content (AvgIpc) is 4.03. The fraction of sp³-hybridized carbons (Fsp3) is 0.129. The first-order chi connectivity index (χ1) is 36.6. The summed E-state index contributed by atoms with van der Waals surface area (Å²) >= 11 is 0. The number of rotatable bonds is 8. The molecule has 0 aliphatic heterocycles. The van der Waals surface area contributed by atoms with E-state index >= 15 is 0 Å². The van der Waals surface area contributed by atoms with E-state index in [1.807, 2.05) is 53.2 Å². The van der Waals surface area contributed by atoms with Crippen molar-refractivity contribution in [2.75, 3.05) is 4.90 Å². The second kappa shape index (κ2) is 16.4. The molecule has 0 saturated heterocycles. The normalized spacial score (nSPS) is 14.1. The number of hydrogen-bond donors (Lipinski definition) is 0. The lowest BCUT2D eigenvalue weighted by Gasteiger charge is -2.29. The van der Waals surface area contributed by atoms with Crippen molar-refractivity contribution < 1.29 is 18.3 Å². The number of benzene rings is 8. The Morgan fingerprint density at radius 2 is 1.15 bits per heavy atom. The van der Waals surface area contributed by atoms with E-state index in [9.17, 15) is 5.48 Å². The quantitative estimate of drug-likeness (QED) is 0.112. The summed E-state index contributed by atoms with van der Waals surface area (Å²) in [6, 6.07) is 43.1. The van der Waals surface area contributed by atoms with Gasteiger partial charge < -0.3 is 4.90 Å². The average molecular weight is 878 g/mol. The standard InChI is InChI=1S/C62H53N5/c1-61(2,3)45-35-36-63-59(39-45)67-55-30-17-16-27-53(55)54-34-33-48(41-58(54)67)66(47-25-14-9-15-26-47)50-38-46(62(4,5)6)37-49(40-50)64-42-65(57-32-19-18-31-56(57)64)60-51(43-21-10-7-11-22-43)28-20-29-52(60)44-23-12-8-13-24-44/h7-41H,1-6H3/i7D,8D,10D,11D,12D,13D,21D,22D,23D,24D. The third-order valence-electron chi connectivity index (χ3n) is 12.4. The van der Waals surface area contributed by atoms with Gasteiger partial charge in [-0.3, -0.25) is 13.7 Å². The van der Waals surface area contributed by atoms with Crippen molar-refractivity contribution in [3.8, 4) is 39.4 Å². The van der Waals surface area contributed by atoms with Crippen molar-refractivity contribution in [2.24, 2.45) is 0 Å². The lowest BCUT2D eigenvalue weighted by Crippen LogP contribution is -2.31. The third-order valence-corrected chi connectivity index (χ3v) is 12.4. The van der Waals surface area contributed by atoms with Crippen molar-refractivity contribution in [1.82, 2.24) is 14.1 Å². The first kappa shape index (κ1) is 31.8. The van der Waals surface area contributed by atoms with Gasteiger partial charge in [0.05, 0.1) is 47.1 Å². The number of nitrogens with zero attached hydrogens (tertiary/aromatic N) is 5. The molecule has 0 atom stereocenters. The lowest BCUT2D eigenvalue weighted by atomic mass is 9.86. The molecule has 67 heavy (non-hydrogen) atoms. The second-order valence-electron chi connectivity index (χ2n) is 18.8. The van der Waals surface area contributed by atoms with Gasteiger partial charge in [-0.05, 0) is 105 Å². The summed E-state index contributed by atoms with van der Waals surface area (Å²) in [7, 11) is 0. The predicted octanol–water partition coefficient (Wildman–Crippen LogP) is 15.6. The number of aromatic nitrogens is 4. The van der Waals surface area contributed by atoms with Crippen molar-refractivity contribution >= 4 is 49.9 Å². The molecule has 0 spiro atoms. The Kier molecular flexibility index (Phi) is 7.80. The molecule has 0 N–H and O–H groups in total. The first-order valence-corrected chi connectivity index (χ1v) is 22.4. The van der Waals surface area contributed by atoms with E-state index in [0.29, 0.717) is 16.7 Å². The molecule has 0 bridgehead atoms. The topological polar surface area (TPSA) is 29.9 Å². The predicted molar refractivity (Wildman–Crippen MR) is 279 cm³/mol. The molecular weight excluding hydrogens is 815 g/mol. The fourth-order valence-corrected chi connectivity index (χ4v) is 9.04. The monoisotopic (exact) mass is 877 g/mol. The van der Waals surface area contributed by atoms with Crippen LogP contribution in [0.15, 0.2) is 212 Å². The van der Waals surface area contributed by atoms with Gasteiger partial charge in [0, 0.05) is 34.0 Å². The highest BCUT2D eigenvalue weighted by Crippen LogP contribution is 2.42. The molecule has 11 rings (SSSR count). The highest BCUT2D eigenvalue weighted by atomic mass is 15.2. The van der Waals surface area contributed by atoms with Gasteiger partial charge in [0.1, 0.15) is 5.82 Å². The Labute approximate surface area is 407 Å². The molecule has 0 saturated carbocycles. The molecule has 11 aromatic rings. The third kappa shape index (κ3) is 7.56. The zero-order valence-corrected chi connectivity index (χ0v) is 38.2. The van der Waals surface area contributed by atoms with Gasteiger partial charge in [-0.25, -0.2) is 4.98 Å². The van der Waals surface area contributed by atoms with Crippen LogP contribution in [0.2, 0.25) is 0 Å². The number of imidazole rings is 1. The molecule has 326 valence electrons. The van der Waals surface area contributed by atoms with Gasteiger partial charge >= 0.3 is 0 Å². The van der Waals surface area contributed by atoms with Crippen molar-refractivity contribution in [2.45, 2.75) is 52.4 Å². The number of fused-ring (bicyclic) bond motifs is 4. The van der Waals surface area contributed by atoms with Crippen LogP contribution in [0.4, 0.5) is 17.1 Å². The molecule has 5 nitrogen and oxygen atoms in total. The Morgan fingerprint density at radius 1 is 0.522 bits per heavy atom. The fourth-order valence-electron chi connectivity index (χ4n) is 9.04. The molecule has 0 amide bonds. The Hall–Kier alpha value is -8.02. The maximum Gasteiger partial charge on any atom is 0.269 e. The molecule has 0 fully saturated rings. The van der Waals surface area contributed by atoms with E-state index in [-0.39, 0.29) is 38.8 Å². The molecular formula is C62H53N5. The summed E-state index contributed by atoms with van der Waals surface area (Å²) in [4.78, 5) is 7.20. The maximum absolute atomic E-state index is 9.17. The second-order valence-corrected chi connectivity index (χ2v) is 18.8. The lowest BCUT2D eigenvalue weighted by molar-refractivity contribution is -0.571. The van der Waals surface area contributed by atoms with Crippen LogP contribution in [0.1, 0.15) is 66.4 Å². The SMILES string of the molecule is [2H]c1c([2H])c([2H])c(-c2cccc(-c3c([2H])c([2H])c([2H])c([2H])c3[2H])c2-[n+]2[c-]n(-c3cc(N(c4ccccc4)c4ccc5c6ccccc6n(-c6cc(C(C)(C)C)ccn6)c5c4)cc(C(C)(C)C)c3)c3ccccc32)c([2H])c1[2H]. The summed E-state index contributed by atoms with van der Waals surface area (Å²) in [5, 5.41) is 2.18. The van der Waals surface area contributed by atoms with Crippen LogP contribution in [-0.2, 0) is 10.8 Å². The number of para-hydroxylation sites is 5. The van der Waals surface area contributed by atoms with E-state index in [1.165, 1.54) is 5.56 Å². The molecule has 5 heteroatoms. The smallest absolute Gasteiger partial charge is 0.269 e. The highest BCUT2D eigenvalue weighted by molar-refractivity contribution is 6.10. The Bertz CT molecular complexity index is 4060. The summed E-state index contributed by atoms with van der Waals surface area (Å²) in [6.07, 6.45) is 5.49. The van der Waals surface area contributed by atoms with Gasteiger partial charge in [-0.1, -0.05) is 187 Å². The van der Waals surface area contributed by atoms with Crippen LogP contribution in [0, 0.1) is 6.33 Å². The number of pyridine rings is 1. The zero-order valence-electron chi connectivity index (χ0n) is 48.2. The van der Waals surface area contributed by atoms with Crippen molar-refractivity contribution in [1.29, 1.82) is 0 Å². The van der Waals surface area contributed by atoms with E-state index < -0.39 is 60.4 Å². The zero-order chi connectivity index (χ0) is 54.6. The van der Waals surface area contributed by atoms with Crippen LogP contribution >= 0.6 is 0 Å². The van der Waals surface area contributed by atoms with Gasteiger partial charge in [0.2, 0.25) is 0 Å². The van der Waals surface area contributed by atoms with E-state index in [4.69, 9.17) is 13.2 Å². The molecule has 8 aromatic carbocycles. The van der Waals surface area contributed by atoms with Gasteiger partial charge in [0.15, 0.2) is 0 Å². The molecule has 3 heterocycles. The van der Waals surface area contributed by atoms with Crippen LogP contribution in [0.25, 0.3) is 72.3 Å². The van der Waals surface area contributed by atoms with Gasteiger partial charge in [-0.15, -0.1) is 0 Å². The number of hydrogen-bond acceptors (Lipinski definition) is 2. The molecule has 0 radical (unpaired) electrons. The van der Waals surface area contributed by atoms with Crippen molar-refractivity contribution in [3.05, 3.63) is 230 Å². The minimum atomic E-state index is -0.563.